The van der Waals surface area contributed by atoms with Crippen molar-refractivity contribution in [1.82, 2.24) is 14.5 Å². The van der Waals surface area contributed by atoms with Gasteiger partial charge < -0.3 is 15.0 Å². The lowest BCUT2D eigenvalue weighted by Gasteiger charge is -2.36. The summed E-state index contributed by atoms with van der Waals surface area (Å²) in [6.45, 7) is 4.69. The number of sulfonamides is 1. The van der Waals surface area contributed by atoms with Gasteiger partial charge in [0.15, 0.2) is 0 Å². The molecule has 8 nitrogen and oxygen atoms in total. The van der Waals surface area contributed by atoms with Crippen LogP contribution in [0.3, 0.4) is 0 Å². The minimum atomic E-state index is -3.65. The summed E-state index contributed by atoms with van der Waals surface area (Å²) in [4.78, 5) is 27.9. The minimum absolute atomic E-state index is 0.0996. The lowest BCUT2D eigenvalue weighted by Crippen LogP contribution is -2.57. The second-order valence-electron chi connectivity index (χ2n) is 7.58. The molecule has 2 amide bonds. The van der Waals surface area contributed by atoms with E-state index >= 15 is 0 Å². The van der Waals surface area contributed by atoms with Gasteiger partial charge in [-0.3, -0.25) is 9.59 Å². The molecular weight excluding hydrogens is 438 g/mol. The highest BCUT2D eigenvalue weighted by atomic mass is 32.2. The fourth-order valence-electron chi connectivity index (χ4n) is 3.38. The zero-order valence-corrected chi connectivity index (χ0v) is 19.4. The molecule has 1 aliphatic rings. The van der Waals surface area contributed by atoms with Crippen LogP contribution in [-0.2, 0) is 14.8 Å². The van der Waals surface area contributed by atoms with Crippen LogP contribution in [0.25, 0.3) is 0 Å². The normalized spacial score (nSPS) is 16.2. The monoisotopic (exact) mass is 465 g/mol. The van der Waals surface area contributed by atoms with E-state index in [4.69, 9.17) is 4.74 Å². The molecule has 1 fully saturated rings. The number of thiophene rings is 1. The van der Waals surface area contributed by atoms with Crippen LogP contribution in [0.15, 0.2) is 46.7 Å². The molecule has 1 unspecified atom stereocenters. The van der Waals surface area contributed by atoms with Crippen molar-refractivity contribution in [3.8, 4) is 5.75 Å². The smallest absolute Gasteiger partial charge is 0.262 e. The zero-order valence-electron chi connectivity index (χ0n) is 17.8. The van der Waals surface area contributed by atoms with Crippen molar-refractivity contribution in [2.75, 3.05) is 33.3 Å². The molecule has 10 heteroatoms. The highest BCUT2D eigenvalue weighted by molar-refractivity contribution is 7.89. The van der Waals surface area contributed by atoms with E-state index in [2.05, 4.69) is 5.32 Å². The Kier molecular flexibility index (Phi) is 7.34. The quantitative estimate of drug-likeness (QED) is 0.675. The first kappa shape index (κ1) is 23.2. The van der Waals surface area contributed by atoms with E-state index in [-0.39, 0.29) is 48.8 Å². The molecule has 1 saturated heterocycles. The van der Waals surface area contributed by atoms with Gasteiger partial charge >= 0.3 is 0 Å². The average molecular weight is 466 g/mol. The number of hydrogen-bond acceptors (Lipinski definition) is 6. The van der Waals surface area contributed by atoms with E-state index in [0.717, 1.165) is 0 Å². The summed E-state index contributed by atoms with van der Waals surface area (Å²) in [6.07, 6.45) is 0. The van der Waals surface area contributed by atoms with E-state index in [0.29, 0.717) is 10.6 Å². The SMILES string of the molecule is COc1ccc(S(=O)(=O)N2CCN(C(=O)C(NC(=O)c3cccs3)C(C)C)CC2)cc1. The summed E-state index contributed by atoms with van der Waals surface area (Å²) < 4.78 is 32.3. The van der Waals surface area contributed by atoms with E-state index in [9.17, 15) is 18.0 Å². The molecule has 1 aromatic heterocycles. The largest absolute Gasteiger partial charge is 0.497 e. The Hall–Kier alpha value is -2.43. The molecule has 0 radical (unpaired) electrons. The van der Waals surface area contributed by atoms with Gasteiger partial charge in [0.25, 0.3) is 5.91 Å². The van der Waals surface area contributed by atoms with Crippen LogP contribution in [0.1, 0.15) is 23.5 Å². The summed E-state index contributed by atoms with van der Waals surface area (Å²) in [7, 11) is -2.13. The van der Waals surface area contributed by atoms with Crippen LogP contribution < -0.4 is 10.1 Å². The molecule has 0 spiro atoms. The van der Waals surface area contributed by atoms with Crippen LogP contribution in [0.2, 0.25) is 0 Å². The fraction of sp³-hybridized carbons (Fsp3) is 0.429. The molecule has 0 bridgehead atoms. The first-order valence-electron chi connectivity index (χ1n) is 10.0. The third kappa shape index (κ3) is 5.25. The van der Waals surface area contributed by atoms with Crippen molar-refractivity contribution in [3.63, 3.8) is 0 Å². The maximum absolute atomic E-state index is 13.1. The highest BCUT2D eigenvalue weighted by Gasteiger charge is 2.34. The predicted molar refractivity (Wildman–Crippen MR) is 119 cm³/mol. The number of nitrogens with one attached hydrogen (secondary N) is 1. The maximum Gasteiger partial charge on any atom is 0.262 e. The van der Waals surface area contributed by atoms with E-state index in [1.807, 2.05) is 19.2 Å². The van der Waals surface area contributed by atoms with Crippen LogP contribution in [-0.4, -0.2) is 68.8 Å². The Bertz CT molecular complexity index is 996. The summed E-state index contributed by atoms with van der Waals surface area (Å²) >= 11 is 1.32. The van der Waals surface area contributed by atoms with Crippen molar-refractivity contribution in [1.29, 1.82) is 0 Å². The van der Waals surface area contributed by atoms with E-state index in [1.54, 1.807) is 29.2 Å². The maximum atomic E-state index is 13.1. The van der Waals surface area contributed by atoms with Gasteiger partial charge in [-0.25, -0.2) is 8.42 Å². The summed E-state index contributed by atoms with van der Waals surface area (Å²) in [5.41, 5.74) is 0. The molecular formula is C21H27N3O5S2. The zero-order chi connectivity index (χ0) is 22.6. The molecule has 1 aliphatic heterocycles. The molecule has 1 N–H and O–H groups in total. The van der Waals surface area contributed by atoms with Crippen molar-refractivity contribution in [2.24, 2.45) is 5.92 Å². The highest BCUT2D eigenvalue weighted by Crippen LogP contribution is 2.21. The summed E-state index contributed by atoms with van der Waals surface area (Å²) in [6, 6.07) is 9.08. The van der Waals surface area contributed by atoms with Crippen molar-refractivity contribution in [2.45, 2.75) is 24.8 Å². The van der Waals surface area contributed by atoms with Crippen molar-refractivity contribution >= 4 is 33.2 Å². The fourth-order valence-corrected chi connectivity index (χ4v) is 5.43. The number of carbonyl (C=O) groups excluding carboxylic acids is 2. The number of ether oxygens (including phenoxy) is 1. The van der Waals surface area contributed by atoms with E-state index in [1.165, 1.54) is 34.9 Å². The molecule has 1 aromatic carbocycles. The third-order valence-electron chi connectivity index (χ3n) is 5.21. The van der Waals surface area contributed by atoms with Gasteiger partial charge in [0, 0.05) is 26.2 Å². The second kappa shape index (κ2) is 9.80. The van der Waals surface area contributed by atoms with Gasteiger partial charge in [0.2, 0.25) is 15.9 Å². The molecule has 31 heavy (non-hydrogen) atoms. The Balaban J connectivity index is 1.64. The molecule has 2 aromatic rings. The van der Waals surface area contributed by atoms with Gasteiger partial charge in [0.1, 0.15) is 11.8 Å². The molecule has 3 rings (SSSR count). The standard InChI is InChI=1S/C21H27N3O5S2/c1-15(2)19(22-20(25)18-5-4-14-30-18)21(26)23-10-12-24(13-11-23)31(27,28)17-8-6-16(29-3)7-9-17/h4-9,14-15,19H,10-13H2,1-3H3,(H,22,25). The van der Waals surface area contributed by atoms with Gasteiger partial charge in [-0.1, -0.05) is 19.9 Å². The van der Waals surface area contributed by atoms with Crippen molar-refractivity contribution in [3.05, 3.63) is 46.7 Å². The van der Waals surface area contributed by atoms with Gasteiger partial charge in [-0.05, 0) is 41.6 Å². The van der Waals surface area contributed by atoms with E-state index < -0.39 is 16.1 Å². The first-order chi connectivity index (χ1) is 14.7. The molecule has 168 valence electrons. The number of carbonyl (C=O) groups is 2. The van der Waals surface area contributed by atoms with Gasteiger partial charge in [0.05, 0.1) is 16.9 Å². The van der Waals surface area contributed by atoms with Crippen LogP contribution in [0, 0.1) is 5.92 Å². The number of nitrogens with zero attached hydrogens (tertiary/aromatic N) is 2. The molecule has 0 saturated carbocycles. The Morgan fingerprint density at radius 1 is 1.06 bits per heavy atom. The molecule has 1 atom stereocenters. The number of benzene rings is 1. The van der Waals surface area contributed by atoms with Crippen LogP contribution in [0.5, 0.6) is 5.75 Å². The van der Waals surface area contributed by atoms with Crippen LogP contribution in [0.4, 0.5) is 0 Å². The topological polar surface area (TPSA) is 96.0 Å². The Morgan fingerprint density at radius 2 is 1.71 bits per heavy atom. The van der Waals surface area contributed by atoms with Crippen molar-refractivity contribution < 1.29 is 22.7 Å². The Morgan fingerprint density at radius 3 is 2.23 bits per heavy atom. The number of rotatable bonds is 7. The predicted octanol–water partition coefficient (Wildman–Crippen LogP) is 2.04. The third-order valence-corrected chi connectivity index (χ3v) is 7.99. The van der Waals surface area contributed by atoms with Gasteiger partial charge in [-0.15, -0.1) is 11.3 Å². The first-order valence-corrected chi connectivity index (χ1v) is 12.3. The molecule has 0 aliphatic carbocycles. The lowest BCUT2D eigenvalue weighted by atomic mass is 10.0. The summed E-state index contributed by atoms with van der Waals surface area (Å²) in [5.74, 6) is 0.0142. The lowest BCUT2D eigenvalue weighted by molar-refractivity contribution is -0.135. The number of amides is 2. The minimum Gasteiger partial charge on any atom is -0.497 e. The summed E-state index contributed by atoms with van der Waals surface area (Å²) in [5, 5.41) is 4.64. The molecule has 2 heterocycles. The second-order valence-corrected chi connectivity index (χ2v) is 10.5. The van der Waals surface area contributed by atoms with Crippen LogP contribution >= 0.6 is 11.3 Å². The van der Waals surface area contributed by atoms with Gasteiger partial charge in [-0.2, -0.15) is 4.31 Å². The number of piperazine rings is 1. The number of methoxy groups -OCH3 is 1. The Labute approximate surface area is 186 Å². The average Bonchev–Trinajstić information content (AvgIpc) is 3.32. The number of hydrogen-bond donors (Lipinski definition) is 1.